The van der Waals surface area contributed by atoms with Crippen LogP contribution in [0.2, 0.25) is 0 Å². The van der Waals surface area contributed by atoms with Gasteiger partial charge in [-0.25, -0.2) is 14.6 Å². The van der Waals surface area contributed by atoms with E-state index in [1.807, 2.05) is 0 Å². The smallest absolute Gasteiger partial charge is 0.479 e. The number of nitrogens with one attached hydrogen (secondary N) is 1. The molecule has 0 saturated carbocycles. The lowest BCUT2D eigenvalue weighted by molar-refractivity contribution is -0.148. The number of halogens is 2. The number of carboxylic acids is 1. The standard InChI is InChI=1S/C16H13Br2N5O8S2/c17-7(18)1-5-3-32-14-10(12(27)23(14)13(5)31-16(28)29)21-11(26)9(22-30-2-8(24)25)6-4-33-15(19)20-6/h1,4,10,14H,2-3H2,(H2,19,20)(H,21,26)(H,24,25)(H,28,29)/t10?,14-/m0/s1. The molecule has 2 aliphatic heterocycles. The maximum absolute atomic E-state index is 12.8. The van der Waals surface area contributed by atoms with Gasteiger partial charge in [-0.3, -0.25) is 14.5 Å². The Kier molecular flexibility index (Phi) is 7.98. The van der Waals surface area contributed by atoms with Crippen LogP contribution in [0.3, 0.4) is 0 Å². The summed E-state index contributed by atoms with van der Waals surface area (Å²) < 4.78 is 5.34. The van der Waals surface area contributed by atoms with Gasteiger partial charge in [0, 0.05) is 16.7 Å². The molecule has 0 aromatic carbocycles. The molecule has 3 rings (SSSR count). The molecular formula is C16H13Br2N5O8S2. The van der Waals surface area contributed by atoms with Crippen molar-refractivity contribution in [3.8, 4) is 0 Å². The molecule has 1 aromatic rings. The Morgan fingerprint density at radius 3 is 2.70 bits per heavy atom. The number of nitrogens with two attached hydrogens (primary N) is 1. The number of β-lactam (4-membered cyclic amide) rings is 1. The molecule has 176 valence electrons. The molecule has 2 amide bonds. The highest BCUT2D eigenvalue weighted by molar-refractivity contribution is 9.28. The van der Waals surface area contributed by atoms with E-state index in [0.717, 1.165) is 16.2 Å². The summed E-state index contributed by atoms with van der Waals surface area (Å²) in [6, 6.07) is -1.03. The second kappa shape index (κ2) is 10.5. The lowest BCUT2D eigenvalue weighted by Crippen LogP contribution is -2.70. The number of rotatable bonds is 8. The molecule has 2 aliphatic rings. The molecule has 0 aliphatic carbocycles. The lowest BCUT2D eigenvalue weighted by atomic mass is 10.1. The number of nitrogen functional groups attached to an aromatic ring is 1. The van der Waals surface area contributed by atoms with E-state index in [0.29, 0.717) is 8.96 Å². The van der Waals surface area contributed by atoms with Gasteiger partial charge in [0.2, 0.25) is 12.5 Å². The maximum atomic E-state index is 12.8. The summed E-state index contributed by atoms with van der Waals surface area (Å²) in [5, 5.41) is 24.7. The highest BCUT2D eigenvalue weighted by Crippen LogP contribution is 2.41. The third-order valence-electron chi connectivity index (χ3n) is 4.02. The zero-order valence-corrected chi connectivity index (χ0v) is 20.9. The number of anilines is 1. The van der Waals surface area contributed by atoms with Crippen LogP contribution in [0.4, 0.5) is 9.93 Å². The van der Waals surface area contributed by atoms with Crippen molar-refractivity contribution in [1.29, 1.82) is 0 Å². The van der Waals surface area contributed by atoms with Crippen molar-refractivity contribution >= 4 is 89.7 Å². The minimum atomic E-state index is -1.60. The van der Waals surface area contributed by atoms with Gasteiger partial charge in [-0.1, -0.05) is 5.16 Å². The number of thiazole rings is 1. The quantitative estimate of drug-likeness (QED) is 0.141. The van der Waals surface area contributed by atoms with Crippen LogP contribution in [-0.4, -0.2) is 73.5 Å². The van der Waals surface area contributed by atoms with E-state index in [-0.39, 0.29) is 28.2 Å². The van der Waals surface area contributed by atoms with E-state index in [4.69, 9.17) is 20.7 Å². The Bertz CT molecular complexity index is 1100. The van der Waals surface area contributed by atoms with Crippen molar-refractivity contribution in [2.75, 3.05) is 18.1 Å². The summed E-state index contributed by atoms with van der Waals surface area (Å²) in [6.07, 6.45) is -0.0450. The SMILES string of the molecule is Nc1nc(C(=NOCC(=O)O)C(=O)NC2C(=O)N3C(OC(=O)O)=C(C=C(Br)Br)CS[C@@H]23)cs1. The molecule has 33 heavy (non-hydrogen) atoms. The topological polar surface area (TPSA) is 194 Å². The fourth-order valence-corrected chi connectivity index (χ4v) is 5.15. The highest BCUT2D eigenvalue weighted by atomic mass is 79.9. The van der Waals surface area contributed by atoms with Gasteiger partial charge >= 0.3 is 12.1 Å². The third kappa shape index (κ3) is 5.84. The normalized spacial score (nSPS) is 19.9. The van der Waals surface area contributed by atoms with Gasteiger partial charge in [-0.2, -0.15) is 0 Å². The minimum absolute atomic E-state index is 0.0321. The summed E-state index contributed by atoms with van der Waals surface area (Å²) in [5.74, 6) is -2.66. The second-order valence-corrected chi connectivity index (χ2v) is 10.9. The molecule has 1 fully saturated rings. The van der Waals surface area contributed by atoms with Crippen molar-refractivity contribution in [3.05, 3.63) is 32.0 Å². The number of hydrogen-bond donors (Lipinski definition) is 4. The van der Waals surface area contributed by atoms with Crippen LogP contribution in [0.15, 0.2) is 31.5 Å². The number of allylic oxidation sites excluding steroid dienone is 1. The molecule has 17 heteroatoms. The summed E-state index contributed by atoms with van der Waals surface area (Å²) in [7, 11) is 0. The van der Waals surface area contributed by atoms with Gasteiger partial charge in [0.25, 0.3) is 11.8 Å². The number of aromatic nitrogens is 1. The van der Waals surface area contributed by atoms with E-state index < -0.39 is 42.0 Å². The number of ether oxygens (including phenoxy) is 1. The first-order valence-electron chi connectivity index (χ1n) is 8.63. The molecule has 13 nitrogen and oxygen atoms in total. The van der Waals surface area contributed by atoms with Crippen LogP contribution in [-0.2, 0) is 24.0 Å². The van der Waals surface area contributed by atoms with E-state index in [2.05, 4.69) is 52.2 Å². The minimum Gasteiger partial charge on any atom is -0.479 e. The summed E-state index contributed by atoms with van der Waals surface area (Å²) in [4.78, 5) is 57.2. The van der Waals surface area contributed by atoms with Crippen LogP contribution >= 0.6 is 55.0 Å². The number of hydrogen-bond acceptors (Lipinski definition) is 11. The van der Waals surface area contributed by atoms with Crippen molar-refractivity contribution in [3.63, 3.8) is 0 Å². The van der Waals surface area contributed by atoms with Gasteiger partial charge in [-0.05, 0) is 37.9 Å². The van der Waals surface area contributed by atoms with Crippen molar-refractivity contribution < 1.29 is 39.0 Å². The lowest BCUT2D eigenvalue weighted by Gasteiger charge is -2.48. The van der Waals surface area contributed by atoms with Crippen LogP contribution in [0.1, 0.15) is 5.69 Å². The number of aliphatic carboxylic acids is 1. The monoisotopic (exact) mass is 625 g/mol. The van der Waals surface area contributed by atoms with Gasteiger partial charge < -0.3 is 30.8 Å². The number of carboxylic acid groups (broad SMARTS) is 2. The number of thioether (sulfide) groups is 1. The Morgan fingerprint density at radius 1 is 1.39 bits per heavy atom. The molecular weight excluding hydrogens is 614 g/mol. The van der Waals surface area contributed by atoms with Crippen LogP contribution in [0.25, 0.3) is 0 Å². The van der Waals surface area contributed by atoms with Crippen molar-refractivity contribution in [2.45, 2.75) is 11.4 Å². The molecule has 1 saturated heterocycles. The number of amides is 2. The van der Waals surface area contributed by atoms with Gasteiger partial charge in [0.05, 0.1) is 3.39 Å². The van der Waals surface area contributed by atoms with Gasteiger partial charge in [0.1, 0.15) is 17.1 Å². The predicted octanol–water partition coefficient (Wildman–Crippen LogP) is 1.47. The number of oxime groups is 1. The fraction of sp³-hybridized carbons (Fsp3) is 0.250. The van der Waals surface area contributed by atoms with Crippen molar-refractivity contribution in [1.82, 2.24) is 15.2 Å². The molecule has 0 spiro atoms. The molecule has 0 bridgehead atoms. The Morgan fingerprint density at radius 2 is 2.12 bits per heavy atom. The Balaban J connectivity index is 1.81. The van der Waals surface area contributed by atoms with Crippen LogP contribution in [0.5, 0.6) is 0 Å². The Labute approximate surface area is 209 Å². The molecule has 3 heterocycles. The van der Waals surface area contributed by atoms with Gasteiger partial charge in [-0.15, -0.1) is 23.1 Å². The van der Waals surface area contributed by atoms with Gasteiger partial charge in [0.15, 0.2) is 10.8 Å². The number of nitrogens with zero attached hydrogens (tertiary/aromatic N) is 3. The largest absolute Gasteiger partial charge is 0.512 e. The maximum Gasteiger partial charge on any atom is 0.512 e. The molecule has 0 radical (unpaired) electrons. The molecule has 1 aromatic heterocycles. The molecule has 1 unspecified atom stereocenters. The number of carbonyl (C=O) groups is 4. The second-order valence-electron chi connectivity index (χ2n) is 6.17. The first-order chi connectivity index (χ1) is 15.6. The van der Waals surface area contributed by atoms with E-state index in [1.54, 1.807) is 6.08 Å². The summed E-state index contributed by atoms with van der Waals surface area (Å²) in [6.45, 7) is -0.800. The highest BCUT2D eigenvalue weighted by Gasteiger charge is 2.54. The zero-order chi connectivity index (χ0) is 24.3. The van der Waals surface area contributed by atoms with E-state index in [1.165, 1.54) is 17.1 Å². The van der Waals surface area contributed by atoms with E-state index >= 15 is 0 Å². The van der Waals surface area contributed by atoms with Crippen LogP contribution < -0.4 is 11.1 Å². The molecule has 5 N–H and O–H groups in total. The van der Waals surface area contributed by atoms with Crippen LogP contribution in [0, 0.1) is 0 Å². The zero-order valence-electron chi connectivity index (χ0n) is 16.1. The molecule has 2 atom stereocenters. The first-order valence-corrected chi connectivity index (χ1v) is 12.1. The van der Waals surface area contributed by atoms with E-state index in [9.17, 15) is 19.2 Å². The van der Waals surface area contributed by atoms with Crippen molar-refractivity contribution in [2.24, 2.45) is 5.16 Å². The third-order valence-corrected chi connectivity index (χ3v) is 6.46. The summed E-state index contributed by atoms with van der Waals surface area (Å²) in [5.41, 5.74) is 5.68. The summed E-state index contributed by atoms with van der Waals surface area (Å²) >= 11 is 8.66. The Hall–Kier alpha value is -2.63. The number of fused-ring (bicyclic) bond motifs is 1. The fourth-order valence-electron chi connectivity index (χ4n) is 2.77. The predicted molar refractivity (Wildman–Crippen MR) is 124 cm³/mol. The average molecular weight is 627 g/mol. The first kappa shape index (κ1) is 25.0. The average Bonchev–Trinajstić information content (AvgIpc) is 3.15. The number of carbonyl (C=O) groups excluding carboxylic acids is 2.